The van der Waals surface area contributed by atoms with Crippen LogP contribution >= 0.6 is 0 Å². The molecule has 0 spiro atoms. The summed E-state index contributed by atoms with van der Waals surface area (Å²) in [4.78, 5) is 21.9. The van der Waals surface area contributed by atoms with Gasteiger partial charge < -0.3 is 9.52 Å². The second kappa shape index (κ2) is 4.08. The molecule has 0 aliphatic rings. The van der Waals surface area contributed by atoms with Crippen LogP contribution in [0.25, 0.3) is 11.1 Å². The monoisotopic (exact) mass is 235 g/mol. The first-order chi connectivity index (χ1) is 7.99. The van der Waals surface area contributed by atoms with Gasteiger partial charge in [0.25, 0.3) is 0 Å². The molecule has 0 bridgehead atoms. The second-order valence-electron chi connectivity index (χ2n) is 4.15. The molecule has 1 aromatic heterocycles. The Hall–Kier alpha value is -2.04. The van der Waals surface area contributed by atoms with Crippen LogP contribution in [0.15, 0.2) is 27.4 Å². The van der Waals surface area contributed by atoms with Gasteiger partial charge in [0.2, 0.25) is 0 Å². The number of rotatable bonds is 3. The van der Waals surface area contributed by atoms with E-state index in [0.29, 0.717) is 11.1 Å². The van der Waals surface area contributed by atoms with E-state index >= 15 is 0 Å². The van der Waals surface area contributed by atoms with E-state index in [1.807, 2.05) is 6.92 Å². The van der Waals surface area contributed by atoms with Gasteiger partial charge in [0.05, 0.1) is 11.9 Å². The van der Waals surface area contributed by atoms with Gasteiger partial charge in [-0.15, -0.1) is 0 Å². The number of benzene rings is 1. The molecule has 2 aromatic rings. The number of aliphatic carboxylic acids is 1. The fraction of sp³-hybridized carbons (Fsp3) is 0.333. The predicted octanol–water partition coefficient (Wildman–Crippen LogP) is 1.71. The van der Waals surface area contributed by atoms with E-state index in [1.54, 1.807) is 25.2 Å². The molecule has 5 heteroatoms. The Kier molecular flexibility index (Phi) is 2.75. The summed E-state index contributed by atoms with van der Waals surface area (Å²) in [6.45, 7) is 1.84. The first-order valence-electron chi connectivity index (χ1n) is 5.30. The number of carbonyl (C=O) groups is 1. The average molecular weight is 235 g/mol. The van der Waals surface area contributed by atoms with Crippen LogP contribution in [0.1, 0.15) is 24.8 Å². The number of fused-ring (bicyclic) bond motifs is 1. The summed E-state index contributed by atoms with van der Waals surface area (Å²) in [5.74, 6) is -1.34. The number of hydrogen-bond donors (Lipinski definition) is 1. The molecule has 1 N–H and O–H groups in total. The van der Waals surface area contributed by atoms with Gasteiger partial charge in [0, 0.05) is 7.05 Å². The number of carboxylic acids is 1. The molecule has 0 aliphatic carbocycles. The summed E-state index contributed by atoms with van der Waals surface area (Å²) in [5, 5.41) is 8.74. The topological polar surface area (TPSA) is 72.4 Å². The number of hydrogen-bond acceptors (Lipinski definition) is 3. The summed E-state index contributed by atoms with van der Waals surface area (Å²) in [6.07, 6.45) is 0.0668. The van der Waals surface area contributed by atoms with Gasteiger partial charge in [-0.2, -0.15) is 0 Å². The van der Waals surface area contributed by atoms with Crippen molar-refractivity contribution in [3.8, 4) is 0 Å². The fourth-order valence-electron chi connectivity index (χ4n) is 1.83. The zero-order chi connectivity index (χ0) is 12.6. The molecule has 0 radical (unpaired) electrons. The lowest BCUT2D eigenvalue weighted by Crippen LogP contribution is -2.08. The van der Waals surface area contributed by atoms with Crippen LogP contribution in [0.4, 0.5) is 0 Å². The molecule has 0 saturated heterocycles. The number of nitrogens with zero attached hydrogens (tertiary/aromatic N) is 1. The average Bonchev–Trinajstić information content (AvgIpc) is 2.54. The third kappa shape index (κ3) is 2.08. The standard InChI is InChI=1S/C12H13NO4/c1-7(5-11(14)15)8-3-4-10-9(6-8)13(2)12(16)17-10/h3-4,6-7H,5H2,1-2H3,(H,14,15). The molecule has 1 aromatic carbocycles. The summed E-state index contributed by atoms with van der Waals surface area (Å²) >= 11 is 0. The van der Waals surface area contributed by atoms with E-state index in [1.165, 1.54) is 4.57 Å². The van der Waals surface area contributed by atoms with E-state index in [0.717, 1.165) is 5.56 Å². The Morgan fingerprint density at radius 1 is 1.53 bits per heavy atom. The van der Waals surface area contributed by atoms with Crippen LogP contribution in [0.5, 0.6) is 0 Å². The van der Waals surface area contributed by atoms with Gasteiger partial charge in [-0.05, 0) is 23.6 Å². The first-order valence-corrected chi connectivity index (χ1v) is 5.30. The number of aromatic nitrogens is 1. The van der Waals surface area contributed by atoms with Crippen molar-refractivity contribution < 1.29 is 14.3 Å². The van der Waals surface area contributed by atoms with Crippen molar-refractivity contribution >= 4 is 17.1 Å². The number of aryl methyl sites for hydroxylation is 1. The lowest BCUT2D eigenvalue weighted by molar-refractivity contribution is -0.137. The molecular weight excluding hydrogens is 222 g/mol. The van der Waals surface area contributed by atoms with Crippen LogP contribution < -0.4 is 5.76 Å². The van der Waals surface area contributed by atoms with Crippen LogP contribution in [0.3, 0.4) is 0 Å². The summed E-state index contributed by atoms with van der Waals surface area (Å²) in [6, 6.07) is 5.29. The first kappa shape index (κ1) is 11.4. The van der Waals surface area contributed by atoms with Gasteiger partial charge in [-0.1, -0.05) is 13.0 Å². The minimum absolute atomic E-state index is 0.0668. The molecule has 1 unspecified atom stereocenters. The molecular formula is C12H13NO4. The fourth-order valence-corrected chi connectivity index (χ4v) is 1.83. The van der Waals surface area contributed by atoms with Gasteiger partial charge in [-0.25, -0.2) is 4.79 Å². The van der Waals surface area contributed by atoms with Crippen LogP contribution in [-0.4, -0.2) is 15.6 Å². The molecule has 5 nitrogen and oxygen atoms in total. The van der Waals surface area contributed by atoms with Crippen molar-refractivity contribution in [3.63, 3.8) is 0 Å². The Morgan fingerprint density at radius 2 is 2.24 bits per heavy atom. The van der Waals surface area contributed by atoms with Gasteiger partial charge >= 0.3 is 11.7 Å². The van der Waals surface area contributed by atoms with E-state index in [-0.39, 0.29) is 12.3 Å². The number of oxazole rings is 1. The molecule has 0 aliphatic heterocycles. The minimum Gasteiger partial charge on any atom is -0.481 e. The van der Waals surface area contributed by atoms with Crippen molar-refractivity contribution in [3.05, 3.63) is 34.3 Å². The highest BCUT2D eigenvalue weighted by Gasteiger charge is 2.13. The Morgan fingerprint density at radius 3 is 2.88 bits per heavy atom. The highest BCUT2D eigenvalue weighted by atomic mass is 16.4. The van der Waals surface area contributed by atoms with E-state index in [4.69, 9.17) is 9.52 Å². The van der Waals surface area contributed by atoms with Gasteiger partial charge in [0.15, 0.2) is 5.58 Å². The molecule has 1 heterocycles. The smallest absolute Gasteiger partial charge is 0.419 e. The Bertz CT molecular complexity index is 623. The molecule has 90 valence electrons. The molecule has 1 atom stereocenters. The van der Waals surface area contributed by atoms with Crippen molar-refractivity contribution in [2.24, 2.45) is 7.05 Å². The molecule has 17 heavy (non-hydrogen) atoms. The van der Waals surface area contributed by atoms with Crippen molar-refractivity contribution in [1.29, 1.82) is 0 Å². The Labute approximate surface area is 97.3 Å². The zero-order valence-electron chi connectivity index (χ0n) is 9.64. The predicted molar refractivity (Wildman–Crippen MR) is 62.1 cm³/mol. The van der Waals surface area contributed by atoms with Crippen LogP contribution in [0.2, 0.25) is 0 Å². The molecule has 0 amide bonds. The maximum Gasteiger partial charge on any atom is 0.419 e. The summed E-state index contributed by atoms with van der Waals surface area (Å²) in [5.41, 5.74) is 2.09. The maximum absolute atomic E-state index is 11.3. The highest BCUT2D eigenvalue weighted by Crippen LogP contribution is 2.23. The van der Waals surface area contributed by atoms with Crippen LogP contribution in [-0.2, 0) is 11.8 Å². The van der Waals surface area contributed by atoms with Gasteiger partial charge in [-0.3, -0.25) is 9.36 Å². The van der Waals surface area contributed by atoms with E-state index in [9.17, 15) is 9.59 Å². The number of carboxylic acid groups (broad SMARTS) is 1. The largest absolute Gasteiger partial charge is 0.481 e. The summed E-state index contributed by atoms with van der Waals surface area (Å²) < 4.78 is 6.41. The molecule has 2 rings (SSSR count). The van der Waals surface area contributed by atoms with Crippen LogP contribution in [0, 0.1) is 0 Å². The third-order valence-corrected chi connectivity index (χ3v) is 2.87. The molecule has 0 fully saturated rings. The Balaban J connectivity index is 2.46. The summed E-state index contributed by atoms with van der Waals surface area (Å²) in [7, 11) is 1.62. The highest BCUT2D eigenvalue weighted by molar-refractivity contribution is 5.74. The van der Waals surface area contributed by atoms with Gasteiger partial charge in [0.1, 0.15) is 0 Å². The lowest BCUT2D eigenvalue weighted by Gasteiger charge is -2.08. The van der Waals surface area contributed by atoms with Crippen molar-refractivity contribution in [2.45, 2.75) is 19.3 Å². The van der Waals surface area contributed by atoms with E-state index in [2.05, 4.69) is 0 Å². The normalized spacial score (nSPS) is 12.8. The molecule has 0 saturated carbocycles. The lowest BCUT2D eigenvalue weighted by atomic mass is 9.97. The SMILES string of the molecule is CC(CC(=O)O)c1ccc2oc(=O)n(C)c2c1. The zero-order valence-corrected chi connectivity index (χ0v) is 9.64. The minimum atomic E-state index is -0.835. The van der Waals surface area contributed by atoms with E-state index < -0.39 is 11.7 Å². The quantitative estimate of drug-likeness (QED) is 0.878. The third-order valence-electron chi connectivity index (χ3n) is 2.87. The van der Waals surface area contributed by atoms with Crippen molar-refractivity contribution in [1.82, 2.24) is 4.57 Å². The maximum atomic E-state index is 11.3. The van der Waals surface area contributed by atoms with Crippen molar-refractivity contribution in [2.75, 3.05) is 0 Å². The second-order valence-corrected chi connectivity index (χ2v) is 4.15.